The van der Waals surface area contributed by atoms with E-state index in [-0.39, 0.29) is 0 Å². The summed E-state index contributed by atoms with van der Waals surface area (Å²) in [6.07, 6.45) is 1.87. The Kier molecular flexibility index (Phi) is 1.50. The molecular weight excluding hydrogens is 174 g/mol. The molecule has 2 aromatic rings. The number of hydrogen-bond acceptors (Lipinski definition) is 2. The molecule has 3 rings (SSSR count). The zero-order chi connectivity index (χ0) is 9.38. The SMILES string of the molecule is C1=Nc2cc(-c3ccccc3)nn2C1. The summed E-state index contributed by atoms with van der Waals surface area (Å²) in [5.41, 5.74) is 2.14. The number of hydrogen-bond donors (Lipinski definition) is 0. The van der Waals surface area contributed by atoms with E-state index in [9.17, 15) is 0 Å². The van der Waals surface area contributed by atoms with Gasteiger partial charge in [-0.3, -0.25) is 0 Å². The molecule has 1 aromatic carbocycles. The van der Waals surface area contributed by atoms with Gasteiger partial charge in [0.1, 0.15) is 0 Å². The molecule has 68 valence electrons. The summed E-state index contributed by atoms with van der Waals surface area (Å²) < 4.78 is 1.91. The lowest BCUT2D eigenvalue weighted by molar-refractivity contribution is 0.760. The second-order valence-corrected chi connectivity index (χ2v) is 3.25. The first-order chi connectivity index (χ1) is 6.93. The Hall–Kier alpha value is -1.90. The highest BCUT2D eigenvalue weighted by atomic mass is 15.3. The van der Waals surface area contributed by atoms with Crippen LogP contribution in [0, 0.1) is 0 Å². The van der Waals surface area contributed by atoms with Crippen molar-refractivity contribution in [2.24, 2.45) is 4.99 Å². The molecule has 14 heavy (non-hydrogen) atoms. The second kappa shape index (κ2) is 2.80. The maximum Gasteiger partial charge on any atom is 0.151 e. The molecular formula is C11H9N3. The number of benzene rings is 1. The zero-order valence-corrected chi connectivity index (χ0v) is 7.59. The van der Waals surface area contributed by atoms with E-state index in [1.54, 1.807) is 0 Å². The lowest BCUT2D eigenvalue weighted by atomic mass is 10.2. The monoisotopic (exact) mass is 183 g/mol. The van der Waals surface area contributed by atoms with Crippen molar-refractivity contribution in [2.45, 2.75) is 6.54 Å². The minimum atomic E-state index is 0.794. The molecule has 1 aliphatic heterocycles. The smallest absolute Gasteiger partial charge is 0.151 e. The summed E-state index contributed by atoms with van der Waals surface area (Å²) in [5, 5.41) is 4.45. The molecule has 0 atom stereocenters. The lowest BCUT2D eigenvalue weighted by Gasteiger charge is -1.94. The predicted octanol–water partition coefficient (Wildman–Crippen LogP) is 2.27. The normalized spacial score (nSPS) is 13.1. The minimum absolute atomic E-state index is 0.794. The van der Waals surface area contributed by atoms with Crippen molar-refractivity contribution in [3.8, 4) is 11.3 Å². The molecule has 1 aromatic heterocycles. The molecule has 0 fully saturated rings. The van der Waals surface area contributed by atoms with E-state index in [2.05, 4.69) is 22.2 Å². The Balaban J connectivity index is 2.10. The summed E-state index contributed by atoms with van der Waals surface area (Å²) in [7, 11) is 0. The van der Waals surface area contributed by atoms with Gasteiger partial charge >= 0.3 is 0 Å². The molecule has 0 saturated carbocycles. The van der Waals surface area contributed by atoms with Crippen molar-refractivity contribution in [3.63, 3.8) is 0 Å². The van der Waals surface area contributed by atoms with Crippen LogP contribution in [0.25, 0.3) is 11.3 Å². The van der Waals surface area contributed by atoms with Gasteiger partial charge in [0.15, 0.2) is 5.82 Å². The Morgan fingerprint density at radius 2 is 2.00 bits per heavy atom. The van der Waals surface area contributed by atoms with Crippen molar-refractivity contribution in [2.75, 3.05) is 0 Å². The topological polar surface area (TPSA) is 30.2 Å². The van der Waals surface area contributed by atoms with E-state index in [4.69, 9.17) is 0 Å². The molecule has 0 aliphatic carbocycles. The summed E-state index contributed by atoms with van der Waals surface area (Å²) in [4.78, 5) is 4.22. The number of aliphatic imine (C=N–C) groups is 1. The molecule has 3 heteroatoms. The molecule has 0 radical (unpaired) electrons. The van der Waals surface area contributed by atoms with Gasteiger partial charge < -0.3 is 0 Å². The van der Waals surface area contributed by atoms with Gasteiger partial charge in [-0.05, 0) is 0 Å². The van der Waals surface area contributed by atoms with E-state index in [1.165, 1.54) is 0 Å². The Bertz CT molecular complexity index is 482. The molecule has 0 unspecified atom stereocenters. The van der Waals surface area contributed by atoms with Gasteiger partial charge in [0.2, 0.25) is 0 Å². The standard InChI is InChI=1S/C11H9N3/c1-2-4-9(5-3-1)10-8-11-12-6-7-14(11)13-10/h1-6,8H,7H2. The average molecular weight is 183 g/mol. The van der Waals surface area contributed by atoms with Crippen LogP contribution in [0.4, 0.5) is 5.82 Å². The summed E-state index contributed by atoms with van der Waals surface area (Å²) in [6, 6.07) is 12.2. The van der Waals surface area contributed by atoms with Crippen LogP contribution in [0.2, 0.25) is 0 Å². The van der Waals surface area contributed by atoms with Crippen LogP contribution < -0.4 is 0 Å². The van der Waals surface area contributed by atoms with Gasteiger partial charge in [-0.1, -0.05) is 30.3 Å². The van der Waals surface area contributed by atoms with Gasteiger partial charge in [-0.2, -0.15) is 5.10 Å². The molecule has 0 amide bonds. The van der Waals surface area contributed by atoms with E-state index >= 15 is 0 Å². The van der Waals surface area contributed by atoms with Crippen molar-refractivity contribution in [1.29, 1.82) is 0 Å². The van der Waals surface area contributed by atoms with Crippen LogP contribution in [0.5, 0.6) is 0 Å². The third-order valence-corrected chi connectivity index (χ3v) is 2.31. The fourth-order valence-electron chi connectivity index (χ4n) is 1.61. The molecule has 0 saturated heterocycles. The van der Waals surface area contributed by atoms with E-state index < -0.39 is 0 Å². The maximum atomic E-state index is 4.45. The minimum Gasteiger partial charge on any atom is -0.242 e. The molecule has 2 heterocycles. The number of rotatable bonds is 1. The van der Waals surface area contributed by atoms with Crippen molar-refractivity contribution >= 4 is 12.0 Å². The Morgan fingerprint density at radius 1 is 1.14 bits per heavy atom. The average Bonchev–Trinajstić information content (AvgIpc) is 2.78. The van der Waals surface area contributed by atoms with Gasteiger partial charge in [0, 0.05) is 17.8 Å². The summed E-state index contributed by atoms with van der Waals surface area (Å²) in [6.45, 7) is 0.794. The summed E-state index contributed by atoms with van der Waals surface area (Å²) >= 11 is 0. The fourth-order valence-corrected chi connectivity index (χ4v) is 1.61. The van der Waals surface area contributed by atoms with Crippen LogP contribution in [-0.2, 0) is 6.54 Å². The van der Waals surface area contributed by atoms with Crippen LogP contribution in [0.3, 0.4) is 0 Å². The summed E-state index contributed by atoms with van der Waals surface area (Å²) in [5.74, 6) is 0.948. The second-order valence-electron chi connectivity index (χ2n) is 3.25. The first-order valence-corrected chi connectivity index (χ1v) is 4.59. The molecule has 0 bridgehead atoms. The van der Waals surface area contributed by atoms with Crippen LogP contribution >= 0.6 is 0 Å². The lowest BCUT2D eigenvalue weighted by Crippen LogP contribution is -1.94. The van der Waals surface area contributed by atoms with E-state index in [1.807, 2.05) is 35.2 Å². The molecule has 3 nitrogen and oxygen atoms in total. The van der Waals surface area contributed by atoms with Gasteiger partial charge in [-0.15, -0.1) is 0 Å². The largest absolute Gasteiger partial charge is 0.242 e. The van der Waals surface area contributed by atoms with Gasteiger partial charge in [0.25, 0.3) is 0 Å². The maximum absolute atomic E-state index is 4.45. The van der Waals surface area contributed by atoms with Crippen LogP contribution in [0.1, 0.15) is 0 Å². The number of aromatic nitrogens is 2. The third-order valence-electron chi connectivity index (χ3n) is 2.31. The van der Waals surface area contributed by atoms with Crippen molar-refractivity contribution < 1.29 is 0 Å². The van der Waals surface area contributed by atoms with Crippen LogP contribution in [-0.4, -0.2) is 16.0 Å². The van der Waals surface area contributed by atoms with Crippen molar-refractivity contribution in [1.82, 2.24) is 9.78 Å². The van der Waals surface area contributed by atoms with E-state index in [0.717, 1.165) is 23.6 Å². The number of nitrogens with zero attached hydrogens (tertiary/aromatic N) is 3. The molecule has 1 aliphatic rings. The number of fused-ring (bicyclic) bond motifs is 1. The first-order valence-electron chi connectivity index (χ1n) is 4.59. The molecule has 0 N–H and O–H groups in total. The zero-order valence-electron chi connectivity index (χ0n) is 7.59. The Labute approximate surface area is 81.7 Å². The first kappa shape index (κ1) is 7.50. The predicted molar refractivity (Wildman–Crippen MR) is 55.8 cm³/mol. The van der Waals surface area contributed by atoms with Gasteiger partial charge in [-0.25, -0.2) is 9.67 Å². The molecule has 0 spiro atoms. The highest BCUT2D eigenvalue weighted by Gasteiger charge is 2.10. The highest BCUT2D eigenvalue weighted by molar-refractivity contribution is 5.70. The van der Waals surface area contributed by atoms with Crippen molar-refractivity contribution in [3.05, 3.63) is 36.4 Å². The fraction of sp³-hybridized carbons (Fsp3) is 0.0909. The van der Waals surface area contributed by atoms with Crippen LogP contribution in [0.15, 0.2) is 41.4 Å². The Morgan fingerprint density at radius 3 is 2.79 bits per heavy atom. The quantitative estimate of drug-likeness (QED) is 0.667. The van der Waals surface area contributed by atoms with Gasteiger partial charge in [0.05, 0.1) is 12.2 Å². The highest BCUT2D eigenvalue weighted by Crippen LogP contribution is 2.24. The van der Waals surface area contributed by atoms with E-state index in [0.29, 0.717) is 0 Å². The third kappa shape index (κ3) is 1.06.